The zero-order chi connectivity index (χ0) is 104. The molecule has 8 aromatic carbocycles. The number of alkyl halides is 3. The van der Waals surface area contributed by atoms with Crippen LogP contribution in [0.25, 0.3) is 32.7 Å². The molecule has 146 heavy (non-hydrogen) atoms. The number of nitrogens with zero attached hydrogens (tertiary/aromatic N) is 16. The number of nitrogens with one attached hydrogen (secondary N) is 4. The Hall–Kier alpha value is -13.8. The van der Waals surface area contributed by atoms with Crippen LogP contribution in [-0.2, 0) is 82.3 Å². The van der Waals surface area contributed by atoms with Gasteiger partial charge in [-0.25, -0.2) is 71.2 Å². The van der Waals surface area contributed by atoms with E-state index in [0.29, 0.717) is 120 Å². The van der Waals surface area contributed by atoms with Crippen molar-refractivity contribution in [1.29, 1.82) is 0 Å². The number of thiazole rings is 3. The summed E-state index contributed by atoms with van der Waals surface area (Å²) in [7, 11) is -15.0. The summed E-state index contributed by atoms with van der Waals surface area (Å²) < 4.78 is 219. The molecule has 3 atom stereocenters. The Balaban J connectivity index is 0.000000204. The summed E-state index contributed by atoms with van der Waals surface area (Å²) >= 11 is 10.3. The maximum atomic E-state index is 14.1. The smallest absolute Gasteiger partial charge is 0.416 e. The number of fused-ring (bicyclic) bond motifs is 3. The maximum absolute atomic E-state index is 14.1. The van der Waals surface area contributed by atoms with Crippen LogP contribution in [0.2, 0.25) is 5.02 Å². The number of carbonyl (C=O) groups is 5. The lowest BCUT2D eigenvalue weighted by molar-refractivity contribution is -0.143. The van der Waals surface area contributed by atoms with E-state index in [1.54, 1.807) is 161 Å². The normalized spacial score (nSPS) is 15.8. The van der Waals surface area contributed by atoms with Crippen molar-refractivity contribution in [3.63, 3.8) is 0 Å². The Morgan fingerprint density at radius 3 is 1.51 bits per heavy atom. The van der Waals surface area contributed by atoms with Crippen molar-refractivity contribution >= 4 is 203 Å². The number of amides is 5. The summed E-state index contributed by atoms with van der Waals surface area (Å²) in [6, 6.07) is 44.4. The molecule has 15 aromatic rings. The maximum Gasteiger partial charge on any atom is 0.416 e. The van der Waals surface area contributed by atoms with Crippen LogP contribution in [-0.4, -0.2) is 225 Å². The lowest BCUT2D eigenvalue weighted by atomic mass is 10.0. The minimum Gasteiger partial charge on any atom is -0.484 e. The Bertz CT molecular complexity index is 7800. The van der Waals surface area contributed by atoms with E-state index in [0.717, 1.165) is 64.2 Å². The Morgan fingerprint density at radius 2 is 1.01 bits per heavy atom. The second-order valence-electron chi connectivity index (χ2n) is 34.6. The topological polar surface area (TPSA) is 384 Å². The first-order chi connectivity index (χ1) is 69.4. The zero-order valence-corrected chi connectivity index (χ0v) is 85.8. The van der Waals surface area contributed by atoms with E-state index in [9.17, 15) is 88.4 Å². The summed E-state index contributed by atoms with van der Waals surface area (Å²) in [5.41, 5.74) is 2.42. The molecule has 4 aliphatic heterocycles. The Labute approximate surface area is 864 Å². The summed E-state index contributed by atoms with van der Waals surface area (Å²) in [5.74, 6) is -2.99. The van der Waals surface area contributed by atoms with Gasteiger partial charge in [-0.1, -0.05) is 23.7 Å². The number of halogens is 8. The van der Waals surface area contributed by atoms with Gasteiger partial charge >= 0.3 is 6.18 Å². The van der Waals surface area contributed by atoms with Gasteiger partial charge in [-0.15, -0.1) is 34.0 Å². The SMILES string of the molecule is CC(C)(C(=O)N1CCN(c2ccc(S(=O)(=O)Nc3nccs3)cc2)C(=O)C1)n1ccc2ccc(C(F)(F)F)cc21.CC1CN(c2ccc(S(=O)(=O)Nc3nccs3)cc2)CCN1C(=O)Cn1ccc2cc(F)c(F)cc21.C[C@@H]1CN(c2ccc(S(=O)(=O)Nc3nccs3)cc2)CCN1C(=O)[C@H](C)n1ccc2c(F)cccc21.Cc1nsc(NS(=O)(=O)c2ccc(N3CCN(C(=O)COc4ccc(F)c(Cl)c4)CC3)cc2)n1.[HH].[HH].[HH].[HH].[HH].[HH]. The van der Waals surface area contributed by atoms with Crippen molar-refractivity contribution in [1.82, 2.24) is 57.6 Å². The lowest BCUT2D eigenvalue weighted by Gasteiger charge is -2.42. The number of aromatic nitrogens is 8. The number of carbonyl (C=O) groups excluding carboxylic acids is 5. The van der Waals surface area contributed by atoms with E-state index >= 15 is 0 Å². The second kappa shape index (κ2) is 43.8. The molecule has 0 radical (unpaired) electrons. The molecule has 4 aliphatic rings. The van der Waals surface area contributed by atoms with E-state index < -0.39 is 86.8 Å². The van der Waals surface area contributed by atoms with Gasteiger partial charge in [0.05, 0.1) is 41.2 Å². The van der Waals surface area contributed by atoms with E-state index in [1.807, 2.05) is 36.3 Å². The minimum atomic E-state index is -4.53. The van der Waals surface area contributed by atoms with Crippen molar-refractivity contribution in [2.24, 2.45) is 0 Å². The van der Waals surface area contributed by atoms with Crippen molar-refractivity contribution in [3.05, 3.63) is 275 Å². The fraction of sp³-hybridized carbons (Fsp3) is 0.271. The van der Waals surface area contributed by atoms with Gasteiger partial charge in [0.25, 0.3) is 46.0 Å². The number of hydrogen-bond donors (Lipinski definition) is 4. The average Bonchev–Trinajstić information content (AvgIpc) is 1.34. The van der Waals surface area contributed by atoms with Crippen molar-refractivity contribution in [2.75, 3.05) is 130 Å². The summed E-state index contributed by atoms with van der Waals surface area (Å²) in [6.45, 7) is 16.2. The van der Waals surface area contributed by atoms with Gasteiger partial charge in [0.1, 0.15) is 47.9 Å². The molecule has 0 aliphatic carbocycles. The number of benzene rings is 8. The van der Waals surface area contributed by atoms with E-state index in [-0.39, 0.29) is 123 Å². The first-order valence-electron chi connectivity index (χ1n) is 45.1. The van der Waals surface area contributed by atoms with E-state index in [2.05, 4.69) is 57.9 Å². The molecule has 0 spiro atoms. The molecule has 4 fully saturated rings. The lowest BCUT2D eigenvalue weighted by Crippen LogP contribution is -2.57. The van der Waals surface area contributed by atoms with Gasteiger partial charge in [-0.05, 0) is 205 Å². The molecule has 1 unspecified atom stereocenters. The predicted molar refractivity (Wildman–Crippen MR) is 559 cm³/mol. The van der Waals surface area contributed by atoms with Crippen molar-refractivity contribution in [2.45, 2.75) is 97.5 Å². The Morgan fingerprint density at radius 1 is 0.507 bits per heavy atom. The molecule has 778 valence electrons. The van der Waals surface area contributed by atoms with E-state index in [4.69, 9.17) is 16.3 Å². The third-order valence-corrected chi connectivity index (χ3v) is 33.7. The van der Waals surface area contributed by atoms with Crippen LogP contribution in [0.4, 0.5) is 74.0 Å². The highest BCUT2D eigenvalue weighted by Crippen LogP contribution is 2.38. The van der Waals surface area contributed by atoms with Gasteiger partial charge in [0.15, 0.2) is 33.6 Å². The highest BCUT2D eigenvalue weighted by molar-refractivity contribution is 7.94. The summed E-state index contributed by atoms with van der Waals surface area (Å²) in [4.78, 5) is 96.2. The molecular formula is C96H106ClF7N20O14S8. The first-order valence-corrected chi connectivity index (χ1v) is 54.8. The Kier molecular flexibility index (Phi) is 31.5. The van der Waals surface area contributed by atoms with Gasteiger partial charge in [-0.3, -0.25) is 42.9 Å². The molecule has 0 bridgehead atoms. The van der Waals surface area contributed by atoms with Crippen LogP contribution in [0.1, 0.15) is 60.6 Å². The van der Waals surface area contributed by atoms with Crippen LogP contribution < -0.4 is 43.2 Å². The number of anilines is 8. The quantitative estimate of drug-likeness (QED) is 0.0386. The third-order valence-electron chi connectivity index (χ3n) is 24.7. The van der Waals surface area contributed by atoms with E-state index in [1.165, 1.54) is 116 Å². The summed E-state index contributed by atoms with van der Waals surface area (Å²) in [5, 5.41) is 7.63. The van der Waals surface area contributed by atoms with Gasteiger partial charge in [0.2, 0.25) is 28.8 Å². The molecule has 11 heterocycles. The fourth-order valence-corrected chi connectivity index (χ4v) is 24.4. The van der Waals surface area contributed by atoms with Crippen LogP contribution in [0.15, 0.2) is 255 Å². The third kappa shape index (κ3) is 24.3. The van der Waals surface area contributed by atoms with Gasteiger partial charge in [-0.2, -0.15) is 17.5 Å². The first kappa shape index (κ1) is 105. The summed E-state index contributed by atoms with van der Waals surface area (Å²) in [6.07, 6.45) is 5.00. The highest BCUT2D eigenvalue weighted by Gasteiger charge is 2.41. The molecule has 50 heteroatoms. The molecule has 34 nitrogen and oxygen atoms in total. The minimum absolute atomic E-state index is 0. The van der Waals surface area contributed by atoms with Crippen molar-refractivity contribution in [3.8, 4) is 5.75 Å². The zero-order valence-electron chi connectivity index (χ0n) is 78.5. The number of rotatable bonds is 25. The standard InChI is InChI=1S/C26H24F3N5O4S2.C25H26FN5O3S2.C24H23F2N5O3S2.C21H21ClFN5O4S2.6H2/c1-25(2,34-11-9-17-3-4-18(15-21(17)34)26(27,28)29)23(36)32-12-13-33(22(35)16-32)19-5-7-20(8-6-19)40(37,38)31-24-30-10-14-39-24;1-17-16-29(19-6-8-20(9-7-19)36(33,34)28-25-27-11-15-35-25)13-14-30(17)24(32)18(2)31-12-10-21-22(26)4-3-5-23(21)31;1-16-14-29(18-2-4-19(5-3-18)36(33,34)28-24-27-7-11-35-24)9-10-31(16)23(32)15-30-8-6-17-12-20(25)21(26)13-22(17)30;1-14-24-21(33-25-14)26-34(30,31)17-5-2-15(3-6-17)27-8-10-28(11-9-27)20(29)13-32-16-4-7-19(23)18(22)12-16;;;;;;/h3-11,14-15H,12-13,16H2,1-2H3,(H,30,31);3-12,15,17-18H,13-14,16H2,1-2H3,(H,27,28);2-8,11-13,16H,9-10,14-15H2,1H3,(H,27,28);2-7,12H,8-11,13H2,1H3,(H,24,25,26);6*1H/t;17-,18+;;;;;;;;/m.1......../s1. The number of ether oxygens (including phenoxy) is 1. The van der Waals surface area contributed by atoms with Crippen LogP contribution in [0.3, 0.4) is 0 Å². The van der Waals surface area contributed by atoms with Crippen molar-refractivity contribution < 1.29 is 102 Å². The molecule has 5 amide bonds. The van der Waals surface area contributed by atoms with Gasteiger partial charge in [0, 0.05) is 215 Å². The fourth-order valence-electron chi connectivity index (χ4n) is 17.1. The molecule has 4 saturated heterocycles. The average molecular weight is 2190 g/mol. The van der Waals surface area contributed by atoms with Crippen LogP contribution >= 0.6 is 57.1 Å². The number of sulfonamides is 4. The van der Waals surface area contributed by atoms with Gasteiger partial charge < -0.3 is 57.6 Å². The molecule has 19 rings (SSSR count). The second-order valence-corrected chi connectivity index (χ2v) is 45.2. The number of hydrogen-bond acceptors (Lipinski definition) is 26. The molecular weight excluding hydrogens is 2080 g/mol. The largest absolute Gasteiger partial charge is 0.484 e. The number of piperazine rings is 4. The highest BCUT2D eigenvalue weighted by atomic mass is 35.5. The van der Waals surface area contributed by atoms with Crippen LogP contribution in [0, 0.1) is 30.2 Å². The predicted octanol–water partition coefficient (Wildman–Crippen LogP) is 17.4. The van der Waals surface area contributed by atoms with Crippen LogP contribution in [0.5, 0.6) is 5.75 Å². The monoisotopic (exact) mass is 2190 g/mol. The molecule has 7 aromatic heterocycles. The number of aryl methyl sites for hydroxylation is 1. The molecule has 0 saturated carbocycles. The molecule has 4 N–H and O–H groups in total.